The summed E-state index contributed by atoms with van der Waals surface area (Å²) in [5.41, 5.74) is 0. The Morgan fingerprint density at radius 1 is 0.727 bits per heavy atom. The van der Waals surface area contributed by atoms with Crippen molar-refractivity contribution in [3.63, 3.8) is 0 Å². The fourth-order valence-electron chi connectivity index (χ4n) is 0. The molecule has 0 amide bonds. The van der Waals surface area contributed by atoms with Gasteiger partial charge in [0.1, 0.15) is 0 Å². The van der Waals surface area contributed by atoms with Crippen LogP contribution in [0.3, 0.4) is 0 Å². The van der Waals surface area contributed by atoms with E-state index in [0.717, 1.165) is 0 Å². The molecule has 0 aromatic rings. The van der Waals surface area contributed by atoms with Gasteiger partial charge >= 0.3 is 51.2 Å². The molecule has 0 aliphatic rings. The monoisotopic (exact) mass is 349 g/mol. The molecule has 0 atom stereocenters. The first-order valence-electron chi connectivity index (χ1n) is 1.00. The van der Waals surface area contributed by atoms with E-state index in [9.17, 15) is 0 Å². The first kappa shape index (κ1) is 29.3. The van der Waals surface area contributed by atoms with Gasteiger partial charge in [0.05, 0.1) is 0 Å². The van der Waals surface area contributed by atoms with Crippen molar-refractivity contribution in [3.8, 4) is 0 Å². The van der Waals surface area contributed by atoms with Crippen LogP contribution in [0.1, 0.15) is 0 Å². The van der Waals surface area contributed by atoms with Crippen molar-refractivity contribution < 1.29 is 77.8 Å². The Morgan fingerprint density at radius 3 is 0.727 bits per heavy atom. The largest absolute Gasteiger partial charge is 2.00 e. The molecular weight excluding hydrogens is 351 g/mol. The molecule has 1 radical (unpaired) electrons. The molecule has 0 unspecified atom stereocenters. The Kier molecular flexibility index (Phi) is 60.2. The van der Waals surface area contributed by atoms with Gasteiger partial charge in [0, 0.05) is 0 Å². The molecule has 0 rings (SSSR count). The molecule has 0 spiro atoms. The van der Waals surface area contributed by atoms with E-state index >= 15 is 0 Å². The van der Waals surface area contributed by atoms with Gasteiger partial charge in [-0.1, -0.05) is 0 Å². The van der Waals surface area contributed by atoms with Gasteiger partial charge in [0.25, 0.3) is 0 Å². The standard InChI is InChI=1S/3Cu.2H2O3S/c;;;2*1-4(2)3/h;;;2*(H2,1,2,3)/q2*+1;+2;;/p-4. The van der Waals surface area contributed by atoms with Crippen LogP contribution in [-0.4, -0.2) is 26.6 Å². The molecule has 0 aromatic carbocycles. The van der Waals surface area contributed by atoms with Gasteiger partial charge in [-0.2, -0.15) is 0 Å². The van der Waals surface area contributed by atoms with Crippen LogP contribution in [0.15, 0.2) is 0 Å². The zero-order valence-electron chi connectivity index (χ0n) is 4.17. The second-order valence-electron chi connectivity index (χ2n) is 0.408. The molecule has 0 aliphatic carbocycles. The van der Waals surface area contributed by atoms with Crippen LogP contribution in [0.4, 0.5) is 0 Å². The molecule has 0 saturated heterocycles. The van der Waals surface area contributed by atoms with E-state index in [2.05, 4.69) is 0 Å². The van der Waals surface area contributed by atoms with Crippen molar-refractivity contribution in [3.05, 3.63) is 0 Å². The minimum atomic E-state index is -3.11. The van der Waals surface area contributed by atoms with Crippen LogP contribution < -0.4 is 0 Å². The van der Waals surface area contributed by atoms with Crippen molar-refractivity contribution in [1.29, 1.82) is 0 Å². The van der Waals surface area contributed by atoms with Crippen molar-refractivity contribution in [1.82, 2.24) is 0 Å². The second-order valence-corrected chi connectivity index (χ2v) is 1.22. The number of hydrogen-bond acceptors (Lipinski definition) is 6. The van der Waals surface area contributed by atoms with Crippen LogP contribution >= 0.6 is 0 Å². The molecule has 0 N–H and O–H groups in total. The molecule has 6 nitrogen and oxygen atoms in total. The van der Waals surface area contributed by atoms with Gasteiger partial charge in [0.2, 0.25) is 0 Å². The van der Waals surface area contributed by atoms with Crippen molar-refractivity contribution >= 4 is 22.7 Å². The summed E-state index contributed by atoms with van der Waals surface area (Å²) < 4.78 is 50.7. The van der Waals surface area contributed by atoms with Crippen LogP contribution in [-0.2, 0) is 73.9 Å². The summed E-state index contributed by atoms with van der Waals surface area (Å²) in [5, 5.41) is 0. The van der Waals surface area contributed by atoms with Gasteiger partial charge in [-0.05, 0) is 0 Å². The second kappa shape index (κ2) is 22.6. The van der Waals surface area contributed by atoms with E-state index in [4.69, 9.17) is 26.6 Å². The van der Waals surface area contributed by atoms with Gasteiger partial charge < -0.3 is 18.2 Å². The Balaban J connectivity index is -0.0000000171. The fourth-order valence-corrected chi connectivity index (χ4v) is 0. The number of hydrogen-bond donors (Lipinski definition) is 0. The third-order valence-corrected chi connectivity index (χ3v) is 0. The molecule has 11 heteroatoms. The maximum absolute atomic E-state index is 8.44. The summed E-state index contributed by atoms with van der Waals surface area (Å²) in [6, 6.07) is 0. The average Bonchev–Trinajstić information content (AvgIpc) is 1.25. The van der Waals surface area contributed by atoms with Crippen LogP contribution in [0.5, 0.6) is 0 Å². The normalized spacial score (nSPS) is 6.36. The predicted octanol–water partition coefficient (Wildman–Crippen LogP) is -2.02. The quantitative estimate of drug-likeness (QED) is 0.367. The zero-order valence-corrected chi connectivity index (χ0v) is 8.63. The molecule has 0 heterocycles. The molecule has 0 saturated carbocycles. The minimum absolute atomic E-state index is 0. The SMILES string of the molecule is O=S([O-])[O-].O=S([O-])[O-].[Cu+2].[Cu+].[Cu+]. The summed E-state index contributed by atoms with van der Waals surface area (Å²) in [6.45, 7) is 0. The number of rotatable bonds is 0. The van der Waals surface area contributed by atoms with E-state index in [1.807, 2.05) is 0 Å². The summed E-state index contributed by atoms with van der Waals surface area (Å²) in [7, 11) is 0. The minimum Gasteiger partial charge on any atom is -0.784 e. The summed E-state index contributed by atoms with van der Waals surface area (Å²) in [5.74, 6) is 0. The van der Waals surface area contributed by atoms with E-state index in [1.54, 1.807) is 0 Å². The van der Waals surface area contributed by atoms with Gasteiger partial charge in [-0.25, -0.2) is 0 Å². The molecule has 0 bridgehead atoms. The van der Waals surface area contributed by atoms with E-state index in [-0.39, 0.29) is 51.2 Å². The van der Waals surface area contributed by atoms with Gasteiger partial charge in [0.15, 0.2) is 0 Å². The first-order valence-corrected chi connectivity index (χ1v) is 3.00. The van der Waals surface area contributed by atoms with Crippen molar-refractivity contribution in [2.75, 3.05) is 0 Å². The van der Waals surface area contributed by atoms with Crippen LogP contribution in [0.25, 0.3) is 0 Å². The summed E-state index contributed by atoms with van der Waals surface area (Å²) >= 11 is -6.22. The Hall–Kier alpha value is 1.70. The third-order valence-electron chi connectivity index (χ3n) is 0. The van der Waals surface area contributed by atoms with E-state index < -0.39 is 22.7 Å². The third kappa shape index (κ3) is 381. The van der Waals surface area contributed by atoms with E-state index in [0.29, 0.717) is 0 Å². The van der Waals surface area contributed by atoms with Crippen LogP contribution in [0.2, 0.25) is 0 Å². The van der Waals surface area contributed by atoms with Crippen molar-refractivity contribution in [2.45, 2.75) is 0 Å². The molecule has 0 aliphatic heterocycles. The Morgan fingerprint density at radius 2 is 0.727 bits per heavy atom. The Labute approximate surface area is 99.9 Å². The predicted molar refractivity (Wildman–Crippen MR) is 19.4 cm³/mol. The first-order chi connectivity index (χ1) is 3.46. The molecule has 11 heavy (non-hydrogen) atoms. The molecule has 0 fully saturated rings. The van der Waals surface area contributed by atoms with Crippen LogP contribution in [0, 0.1) is 0 Å². The summed E-state index contributed by atoms with van der Waals surface area (Å²) in [4.78, 5) is 0. The van der Waals surface area contributed by atoms with E-state index in [1.165, 1.54) is 0 Å². The topological polar surface area (TPSA) is 126 Å². The smallest absolute Gasteiger partial charge is 0.784 e. The molecular formula is Cu3O6S2. The maximum Gasteiger partial charge on any atom is 2.00 e. The molecule has 81 valence electrons. The maximum atomic E-state index is 8.44. The van der Waals surface area contributed by atoms with Crippen molar-refractivity contribution in [2.24, 2.45) is 0 Å². The average molecular weight is 351 g/mol. The zero-order chi connectivity index (χ0) is 7.15. The fraction of sp³-hybridized carbons (Fsp3) is 0. The summed E-state index contributed by atoms with van der Waals surface area (Å²) in [6.07, 6.45) is 0. The Bertz CT molecular complexity index is 73.8. The van der Waals surface area contributed by atoms with Gasteiger partial charge in [-0.3, -0.25) is 8.42 Å². The van der Waals surface area contributed by atoms with Gasteiger partial charge in [-0.15, -0.1) is 22.7 Å². The molecule has 0 aromatic heterocycles.